The molecular formula is C19H15F2N3O3. The first-order valence-corrected chi connectivity index (χ1v) is 7.97. The van der Waals surface area contributed by atoms with Gasteiger partial charge in [0.25, 0.3) is 5.91 Å². The van der Waals surface area contributed by atoms with E-state index in [2.05, 4.69) is 10.4 Å². The number of benzene rings is 2. The molecule has 3 aromatic rings. The number of halogens is 2. The maximum Gasteiger partial charge on any atom is 0.338 e. The molecule has 0 aliphatic rings. The van der Waals surface area contributed by atoms with Crippen LogP contribution in [0.2, 0.25) is 0 Å². The highest BCUT2D eigenvalue weighted by molar-refractivity contribution is 5.95. The van der Waals surface area contributed by atoms with Crippen LogP contribution < -0.4 is 5.32 Å². The van der Waals surface area contributed by atoms with Gasteiger partial charge < -0.3 is 10.1 Å². The number of aryl methyl sites for hydroxylation is 1. The molecule has 2 aromatic carbocycles. The molecule has 0 saturated heterocycles. The number of carbonyl (C=O) groups excluding carboxylic acids is 2. The summed E-state index contributed by atoms with van der Waals surface area (Å²) in [6.45, 7) is 1.35. The number of esters is 1. The monoisotopic (exact) mass is 371 g/mol. The van der Waals surface area contributed by atoms with Crippen molar-refractivity contribution in [3.8, 4) is 5.69 Å². The summed E-state index contributed by atoms with van der Waals surface area (Å²) in [5.41, 5.74) is 2.06. The highest BCUT2D eigenvalue weighted by Crippen LogP contribution is 2.14. The van der Waals surface area contributed by atoms with Gasteiger partial charge in [0, 0.05) is 23.6 Å². The smallest absolute Gasteiger partial charge is 0.338 e. The second-order valence-electron chi connectivity index (χ2n) is 5.68. The number of nitrogens with zero attached hydrogens (tertiary/aromatic N) is 2. The van der Waals surface area contributed by atoms with Gasteiger partial charge in [-0.3, -0.25) is 4.79 Å². The lowest BCUT2D eigenvalue weighted by Crippen LogP contribution is -2.21. The molecule has 0 saturated carbocycles. The Labute approximate surface area is 153 Å². The predicted octanol–water partition coefficient (Wildman–Crippen LogP) is 3.25. The zero-order chi connectivity index (χ0) is 19.4. The number of hydrogen-bond donors (Lipinski definition) is 1. The van der Waals surface area contributed by atoms with Gasteiger partial charge in [0.1, 0.15) is 0 Å². The van der Waals surface area contributed by atoms with Crippen LogP contribution in [0.1, 0.15) is 16.1 Å². The molecule has 6 nitrogen and oxygen atoms in total. The molecule has 3 rings (SSSR count). The van der Waals surface area contributed by atoms with E-state index in [1.165, 1.54) is 6.07 Å². The van der Waals surface area contributed by atoms with Crippen LogP contribution in [0.4, 0.5) is 14.5 Å². The van der Waals surface area contributed by atoms with Crippen LogP contribution in [0.25, 0.3) is 5.69 Å². The van der Waals surface area contributed by atoms with Gasteiger partial charge in [-0.25, -0.2) is 18.3 Å². The first kappa shape index (κ1) is 18.2. The molecule has 0 radical (unpaired) electrons. The molecule has 0 aliphatic carbocycles. The summed E-state index contributed by atoms with van der Waals surface area (Å²) < 4.78 is 32.6. The van der Waals surface area contributed by atoms with E-state index < -0.39 is 30.1 Å². The maximum atomic E-state index is 13.1. The Bertz CT molecular complexity index is 984. The molecule has 0 bridgehead atoms. The first-order chi connectivity index (χ1) is 12.9. The molecule has 0 atom stereocenters. The normalized spacial score (nSPS) is 10.5. The lowest BCUT2D eigenvalue weighted by atomic mass is 10.2. The molecule has 0 unspecified atom stereocenters. The zero-order valence-corrected chi connectivity index (χ0v) is 14.3. The fourth-order valence-corrected chi connectivity index (χ4v) is 2.36. The van der Waals surface area contributed by atoms with Crippen molar-refractivity contribution >= 4 is 17.6 Å². The van der Waals surface area contributed by atoms with Crippen molar-refractivity contribution in [3.63, 3.8) is 0 Å². The second kappa shape index (κ2) is 7.77. The van der Waals surface area contributed by atoms with Crippen molar-refractivity contribution in [1.29, 1.82) is 0 Å². The van der Waals surface area contributed by atoms with E-state index in [0.717, 1.165) is 23.5 Å². The van der Waals surface area contributed by atoms with Crippen molar-refractivity contribution in [3.05, 3.63) is 77.6 Å². The lowest BCUT2D eigenvalue weighted by Gasteiger charge is -2.08. The van der Waals surface area contributed by atoms with E-state index in [4.69, 9.17) is 4.74 Å². The highest BCUT2D eigenvalue weighted by Gasteiger charge is 2.12. The lowest BCUT2D eigenvalue weighted by molar-refractivity contribution is -0.119. The number of amides is 1. The van der Waals surface area contributed by atoms with E-state index in [0.29, 0.717) is 0 Å². The fourth-order valence-electron chi connectivity index (χ4n) is 2.36. The van der Waals surface area contributed by atoms with Gasteiger partial charge in [-0.15, -0.1) is 0 Å². The number of rotatable bonds is 5. The Morgan fingerprint density at radius 2 is 1.81 bits per heavy atom. The third-order valence-corrected chi connectivity index (χ3v) is 3.72. The summed E-state index contributed by atoms with van der Waals surface area (Å²) in [5.74, 6) is -3.46. The minimum atomic E-state index is -1.09. The molecule has 138 valence electrons. The fraction of sp³-hybridized carbons (Fsp3) is 0.105. The molecule has 0 fully saturated rings. The zero-order valence-electron chi connectivity index (χ0n) is 14.3. The second-order valence-corrected chi connectivity index (χ2v) is 5.68. The molecule has 1 N–H and O–H groups in total. The summed E-state index contributed by atoms with van der Waals surface area (Å²) in [7, 11) is 0. The Kier molecular flexibility index (Phi) is 5.25. The van der Waals surface area contributed by atoms with Crippen molar-refractivity contribution < 1.29 is 23.1 Å². The molecule has 27 heavy (non-hydrogen) atoms. The summed E-state index contributed by atoms with van der Waals surface area (Å²) in [6.07, 6.45) is 1.67. The number of ether oxygens (including phenoxy) is 1. The molecular weight excluding hydrogens is 356 g/mol. The van der Waals surface area contributed by atoms with Crippen molar-refractivity contribution in [1.82, 2.24) is 9.78 Å². The van der Waals surface area contributed by atoms with E-state index in [-0.39, 0.29) is 11.3 Å². The van der Waals surface area contributed by atoms with E-state index in [9.17, 15) is 18.4 Å². The minimum Gasteiger partial charge on any atom is -0.452 e. The van der Waals surface area contributed by atoms with Gasteiger partial charge in [0.05, 0.1) is 11.3 Å². The van der Waals surface area contributed by atoms with Crippen LogP contribution in [0.3, 0.4) is 0 Å². The van der Waals surface area contributed by atoms with Gasteiger partial charge in [-0.1, -0.05) is 0 Å². The van der Waals surface area contributed by atoms with Crippen LogP contribution in [-0.4, -0.2) is 28.3 Å². The number of carbonyl (C=O) groups is 2. The van der Waals surface area contributed by atoms with Gasteiger partial charge in [0.15, 0.2) is 18.2 Å². The van der Waals surface area contributed by atoms with E-state index in [1.807, 2.05) is 13.0 Å². The van der Waals surface area contributed by atoms with Crippen LogP contribution >= 0.6 is 0 Å². The molecule has 1 heterocycles. The van der Waals surface area contributed by atoms with Gasteiger partial charge >= 0.3 is 5.97 Å². The largest absolute Gasteiger partial charge is 0.452 e. The SMILES string of the molecule is Cc1ccnn1-c1ccc(C(=O)OCC(=O)Nc2ccc(F)c(F)c2)cc1. The highest BCUT2D eigenvalue weighted by atomic mass is 19.2. The number of hydrogen-bond acceptors (Lipinski definition) is 4. The quantitative estimate of drug-likeness (QED) is 0.699. The Morgan fingerprint density at radius 1 is 1.07 bits per heavy atom. The minimum absolute atomic E-state index is 0.0638. The summed E-state index contributed by atoms with van der Waals surface area (Å²) in [4.78, 5) is 23.8. The van der Waals surface area contributed by atoms with Crippen molar-refractivity contribution in [2.24, 2.45) is 0 Å². The Morgan fingerprint density at radius 3 is 2.44 bits per heavy atom. The third-order valence-electron chi connectivity index (χ3n) is 3.72. The first-order valence-electron chi connectivity index (χ1n) is 7.97. The average molecular weight is 371 g/mol. The predicted molar refractivity (Wildman–Crippen MR) is 93.6 cm³/mol. The topological polar surface area (TPSA) is 73.2 Å². The summed E-state index contributed by atoms with van der Waals surface area (Å²) >= 11 is 0. The van der Waals surface area contributed by atoms with Crippen LogP contribution in [-0.2, 0) is 9.53 Å². The molecule has 1 aromatic heterocycles. The van der Waals surface area contributed by atoms with Crippen LogP contribution in [0.5, 0.6) is 0 Å². The number of anilines is 1. The van der Waals surface area contributed by atoms with Gasteiger partial charge in [-0.05, 0) is 49.4 Å². The number of nitrogens with one attached hydrogen (secondary N) is 1. The van der Waals surface area contributed by atoms with Gasteiger partial charge in [-0.2, -0.15) is 5.10 Å². The summed E-state index contributed by atoms with van der Waals surface area (Å²) in [6, 6.07) is 11.3. The molecule has 0 aliphatic heterocycles. The van der Waals surface area contributed by atoms with Crippen molar-refractivity contribution in [2.75, 3.05) is 11.9 Å². The maximum absolute atomic E-state index is 13.1. The van der Waals surface area contributed by atoms with Crippen molar-refractivity contribution in [2.45, 2.75) is 6.92 Å². The van der Waals surface area contributed by atoms with E-state index in [1.54, 1.807) is 35.1 Å². The number of aromatic nitrogens is 2. The van der Waals surface area contributed by atoms with Crippen LogP contribution in [0, 0.1) is 18.6 Å². The van der Waals surface area contributed by atoms with Crippen LogP contribution in [0.15, 0.2) is 54.7 Å². The Balaban J connectivity index is 1.56. The standard InChI is InChI=1S/C19H15F2N3O3/c1-12-8-9-22-24(12)15-5-2-13(3-6-15)19(26)27-11-18(25)23-14-4-7-16(20)17(21)10-14/h2-10H,11H2,1H3,(H,23,25). The van der Waals surface area contributed by atoms with Gasteiger partial charge in [0.2, 0.25) is 0 Å². The Hall–Kier alpha value is -3.55. The molecule has 0 spiro atoms. The average Bonchev–Trinajstić information content (AvgIpc) is 3.09. The molecule has 1 amide bonds. The molecule has 8 heteroatoms. The summed E-state index contributed by atoms with van der Waals surface area (Å²) in [5, 5.41) is 6.49. The third kappa shape index (κ3) is 4.35. The van der Waals surface area contributed by atoms with E-state index >= 15 is 0 Å².